The lowest BCUT2D eigenvalue weighted by Crippen LogP contribution is -2.39. The Hall–Kier alpha value is -1.82. The summed E-state index contributed by atoms with van der Waals surface area (Å²) >= 11 is 0. The summed E-state index contributed by atoms with van der Waals surface area (Å²) in [6, 6.07) is -0.00974. The minimum Gasteiger partial charge on any atom is -0.477 e. The van der Waals surface area contributed by atoms with Crippen molar-refractivity contribution in [1.82, 2.24) is 15.2 Å². The number of carboxylic acids is 1. The molecule has 0 aliphatic heterocycles. The van der Waals surface area contributed by atoms with E-state index in [9.17, 15) is 9.59 Å². The zero-order valence-electron chi connectivity index (χ0n) is 12.0. The average Bonchev–Trinajstić information content (AvgIpc) is 2.52. The number of aromatic carboxylic acids is 1. The van der Waals surface area contributed by atoms with Crippen molar-refractivity contribution in [3.63, 3.8) is 0 Å². The number of likely N-dealkylation sites (N-methyl/N-ethyl adjacent to an activating group) is 1. The predicted octanol–water partition coefficient (Wildman–Crippen LogP) is 1.01. The van der Waals surface area contributed by atoms with Crippen molar-refractivity contribution in [3.8, 4) is 0 Å². The molecule has 0 aromatic carbocycles. The Kier molecular flexibility index (Phi) is 4.72. The first-order chi connectivity index (χ1) is 8.73. The normalized spacial score (nSPS) is 12.5. The van der Waals surface area contributed by atoms with Crippen LogP contribution in [0, 0.1) is 13.8 Å². The SMILES string of the molecule is Cc1[nH]c(C(=O)O)c(C)c1C(=O)NC(C)CN(C)C. The number of amides is 1. The molecule has 106 valence electrons. The van der Waals surface area contributed by atoms with Crippen LogP contribution in [0.2, 0.25) is 0 Å². The summed E-state index contributed by atoms with van der Waals surface area (Å²) in [6.45, 7) is 5.97. The van der Waals surface area contributed by atoms with Gasteiger partial charge in [-0.1, -0.05) is 0 Å². The monoisotopic (exact) mass is 267 g/mol. The van der Waals surface area contributed by atoms with Gasteiger partial charge in [0.15, 0.2) is 0 Å². The van der Waals surface area contributed by atoms with Gasteiger partial charge in [0.05, 0.1) is 5.56 Å². The largest absolute Gasteiger partial charge is 0.477 e. The smallest absolute Gasteiger partial charge is 0.352 e. The molecule has 1 rings (SSSR count). The van der Waals surface area contributed by atoms with Gasteiger partial charge < -0.3 is 20.3 Å². The summed E-state index contributed by atoms with van der Waals surface area (Å²) in [5.41, 5.74) is 1.54. The van der Waals surface area contributed by atoms with Crippen molar-refractivity contribution in [1.29, 1.82) is 0 Å². The van der Waals surface area contributed by atoms with Gasteiger partial charge in [-0.2, -0.15) is 0 Å². The Balaban J connectivity index is 2.91. The molecule has 0 saturated heterocycles. The summed E-state index contributed by atoms with van der Waals surface area (Å²) < 4.78 is 0. The van der Waals surface area contributed by atoms with Crippen LogP contribution in [0.3, 0.4) is 0 Å². The lowest BCUT2D eigenvalue weighted by molar-refractivity contribution is 0.0690. The second-order valence-corrected chi connectivity index (χ2v) is 5.07. The summed E-state index contributed by atoms with van der Waals surface area (Å²) in [4.78, 5) is 27.9. The molecule has 1 atom stereocenters. The second kappa shape index (κ2) is 5.88. The summed E-state index contributed by atoms with van der Waals surface area (Å²) in [5, 5.41) is 11.9. The number of hydrogen-bond donors (Lipinski definition) is 3. The first-order valence-electron chi connectivity index (χ1n) is 6.12. The number of carbonyl (C=O) groups excluding carboxylic acids is 1. The second-order valence-electron chi connectivity index (χ2n) is 5.07. The van der Waals surface area contributed by atoms with Crippen molar-refractivity contribution >= 4 is 11.9 Å². The van der Waals surface area contributed by atoms with E-state index in [2.05, 4.69) is 10.3 Å². The number of nitrogens with one attached hydrogen (secondary N) is 2. The minimum absolute atomic E-state index is 0.00974. The van der Waals surface area contributed by atoms with Gasteiger partial charge in [-0.3, -0.25) is 4.79 Å². The van der Waals surface area contributed by atoms with E-state index < -0.39 is 5.97 Å². The molecule has 0 radical (unpaired) electrons. The molecule has 6 nitrogen and oxygen atoms in total. The molecule has 1 amide bonds. The third kappa shape index (κ3) is 3.57. The number of nitrogens with zero attached hydrogens (tertiary/aromatic N) is 1. The van der Waals surface area contributed by atoms with E-state index in [1.54, 1.807) is 13.8 Å². The molecule has 1 aromatic heterocycles. The maximum Gasteiger partial charge on any atom is 0.352 e. The van der Waals surface area contributed by atoms with E-state index in [0.29, 0.717) is 16.8 Å². The van der Waals surface area contributed by atoms with Gasteiger partial charge in [-0.05, 0) is 40.4 Å². The molecule has 3 N–H and O–H groups in total. The van der Waals surface area contributed by atoms with Gasteiger partial charge in [0, 0.05) is 18.3 Å². The van der Waals surface area contributed by atoms with E-state index in [-0.39, 0.29) is 17.6 Å². The Morgan fingerprint density at radius 2 is 1.95 bits per heavy atom. The summed E-state index contributed by atoms with van der Waals surface area (Å²) in [6.07, 6.45) is 0. The Bertz CT molecular complexity index is 492. The molecular formula is C13H21N3O3. The van der Waals surface area contributed by atoms with Crippen LogP contribution in [0.15, 0.2) is 0 Å². The van der Waals surface area contributed by atoms with Gasteiger partial charge >= 0.3 is 5.97 Å². The highest BCUT2D eigenvalue weighted by Gasteiger charge is 2.22. The Morgan fingerprint density at radius 1 is 1.37 bits per heavy atom. The fourth-order valence-corrected chi connectivity index (χ4v) is 2.19. The van der Waals surface area contributed by atoms with Crippen molar-refractivity contribution in [2.45, 2.75) is 26.8 Å². The van der Waals surface area contributed by atoms with Crippen molar-refractivity contribution < 1.29 is 14.7 Å². The number of carboxylic acid groups (broad SMARTS) is 1. The van der Waals surface area contributed by atoms with Crippen LogP contribution in [0.4, 0.5) is 0 Å². The molecule has 0 saturated carbocycles. The number of aryl methyl sites for hydroxylation is 1. The number of aromatic amines is 1. The lowest BCUT2D eigenvalue weighted by Gasteiger charge is -2.18. The molecule has 0 bridgehead atoms. The average molecular weight is 267 g/mol. The van der Waals surface area contributed by atoms with Crippen molar-refractivity contribution in [2.24, 2.45) is 0 Å². The number of rotatable bonds is 5. The van der Waals surface area contributed by atoms with E-state index >= 15 is 0 Å². The van der Waals surface area contributed by atoms with Crippen molar-refractivity contribution in [3.05, 3.63) is 22.5 Å². The number of aromatic nitrogens is 1. The number of H-pyrrole nitrogens is 1. The molecule has 0 fully saturated rings. The fourth-order valence-electron chi connectivity index (χ4n) is 2.19. The highest BCUT2D eigenvalue weighted by Crippen LogP contribution is 2.17. The van der Waals surface area contributed by atoms with E-state index in [1.165, 1.54) is 0 Å². The van der Waals surface area contributed by atoms with Gasteiger partial charge in [-0.25, -0.2) is 4.79 Å². The lowest BCUT2D eigenvalue weighted by atomic mass is 10.1. The standard InChI is InChI=1S/C13H21N3O3/c1-7(6-16(4)5)14-12(17)10-8(2)11(13(18)19)15-9(10)3/h7,15H,6H2,1-5H3,(H,14,17)(H,18,19). The van der Waals surface area contributed by atoms with Crippen LogP contribution in [0.1, 0.15) is 39.0 Å². The van der Waals surface area contributed by atoms with Gasteiger partial charge in [0.2, 0.25) is 0 Å². The van der Waals surface area contributed by atoms with Crippen LogP contribution in [0.25, 0.3) is 0 Å². The van der Waals surface area contributed by atoms with E-state index in [4.69, 9.17) is 5.11 Å². The Labute approximate surface area is 112 Å². The van der Waals surface area contributed by atoms with Crippen LogP contribution in [-0.4, -0.2) is 53.5 Å². The minimum atomic E-state index is -1.05. The van der Waals surface area contributed by atoms with E-state index in [0.717, 1.165) is 6.54 Å². The van der Waals surface area contributed by atoms with Crippen LogP contribution in [0.5, 0.6) is 0 Å². The molecule has 0 aliphatic rings. The number of hydrogen-bond acceptors (Lipinski definition) is 3. The van der Waals surface area contributed by atoms with Crippen molar-refractivity contribution in [2.75, 3.05) is 20.6 Å². The zero-order valence-corrected chi connectivity index (χ0v) is 12.0. The highest BCUT2D eigenvalue weighted by atomic mass is 16.4. The van der Waals surface area contributed by atoms with Gasteiger partial charge in [0.1, 0.15) is 5.69 Å². The molecule has 1 aromatic rings. The molecule has 1 unspecified atom stereocenters. The Morgan fingerprint density at radius 3 is 2.37 bits per heavy atom. The topological polar surface area (TPSA) is 85.4 Å². The van der Waals surface area contributed by atoms with Crippen LogP contribution >= 0.6 is 0 Å². The maximum atomic E-state index is 12.2. The first kappa shape index (κ1) is 15.2. The molecule has 6 heteroatoms. The molecule has 19 heavy (non-hydrogen) atoms. The summed E-state index contributed by atoms with van der Waals surface area (Å²) in [5.74, 6) is -1.30. The highest BCUT2D eigenvalue weighted by molar-refractivity contribution is 6.00. The maximum absolute atomic E-state index is 12.2. The molecular weight excluding hydrogens is 246 g/mol. The first-order valence-corrected chi connectivity index (χ1v) is 6.12. The fraction of sp³-hybridized carbons (Fsp3) is 0.538. The van der Waals surface area contributed by atoms with E-state index in [1.807, 2.05) is 25.9 Å². The zero-order chi connectivity index (χ0) is 14.7. The number of carbonyl (C=O) groups is 2. The molecule has 0 aliphatic carbocycles. The predicted molar refractivity (Wildman–Crippen MR) is 72.7 cm³/mol. The van der Waals surface area contributed by atoms with Crippen LogP contribution < -0.4 is 5.32 Å². The van der Waals surface area contributed by atoms with Gasteiger partial charge in [0.25, 0.3) is 5.91 Å². The molecule has 0 spiro atoms. The quantitative estimate of drug-likeness (QED) is 0.743. The third-order valence-electron chi connectivity index (χ3n) is 2.89. The summed E-state index contributed by atoms with van der Waals surface area (Å²) in [7, 11) is 3.86. The van der Waals surface area contributed by atoms with Gasteiger partial charge in [-0.15, -0.1) is 0 Å². The third-order valence-corrected chi connectivity index (χ3v) is 2.89. The molecule has 1 heterocycles. The van der Waals surface area contributed by atoms with Crippen LogP contribution in [-0.2, 0) is 0 Å².